The van der Waals surface area contributed by atoms with Crippen LogP contribution in [0.2, 0.25) is 0 Å². The fraction of sp³-hybridized carbons (Fsp3) is 0.364. The molecule has 156 valence electrons. The number of rotatable bonds is 9. The molecule has 0 saturated heterocycles. The van der Waals surface area contributed by atoms with Crippen molar-refractivity contribution in [3.8, 4) is 0 Å². The normalized spacial score (nSPS) is 13.5. The van der Waals surface area contributed by atoms with Crippen molar-refractivity contribution < 1.29 is 17.9 Å². The fourth-order valence-electron chi connectivity index (χ4n) is 2.86. The molecule has 29 heavy (non-hydrogen) atoms. The quantitative estimate of drug-likeness (QED) is 0.474. The number of nitrogens with one attached hydrogen (secondary N) is 1. The molecular formula is C22H27NO4S2. The summed E-state index contributed by atoms with van der Waals surface area (Å²) in [6, 6.07) is 12.7. The Balaban J connectivity index is 2.27. The number of anilines is 1. The summed E-state index contributed by atoms with van der Waals surface area (Å²) in [7, 11) is -2.39. The Bertz CT molecular complexity index is 984. The first kappa shape index (κ1) is 23.2. The van der Waals surface area contributed by atoms with E-state index in [1.54, 1.807) is 19.1 Å². The minimum Gasteiger partial charge on any atom is -0.385 e. The van der Waals surface area contributed by atoms with Crippen molar-refractivity contribution >= 4 is 39.0 Å². The molecule has 1 unspecified atom stereocenters. The lowest BCUT2D eigenvalue weighted by atomic mass is 10.1. The van der Waals surface area contributed by atoms with Crippen LogP contribution in [0.4, 0.5) is 5.69 Å². The van der Waals surface area contributed by atoms with Crippen molar-refractivity contribution in [2.24, 2.45) is 0 Å². The van der Waals surface area contributed by atoms with Gasteiger partial charge in [-0.3, -0.25) is 0 Å². The molecule has 0 radical (unpaired) electrons. The molecular weight excluding hydrogens is 406 g/mol. The van der Waals surface area contributed by atoms with Gasteiger partial charge < -0.3 is 14.8 Å². The van der Waals surface area contributed by atoms with E-state index in [1.807, 2.05) is 24.3 Å². The van der Waals surface area contributed by atoms with Gasteiger partial charge >= 0.3 is 0 Å². The molecule has 1 atom stereocenters. The average Bonchev–Trinajstić information content (AvgIpc) is 2.73. The van der Waals surface area contributed by atoms with Crippen molar-refractivity contribution in [3.63, 3.8) is 0 Å². The number of benzene rings is 2. The zero-order chi connectivity index (χ0) is 21.7. The van der Waals surface area contributed by atoms with E-state index >= 15 is 0 Å². The Labute approximate surface area is 178 Å². The van der Waals surface area contributed by atoms with Crippen LogP contribution < -0.4 is 5.32 Å². The summed E-state index contributed by atoms with van der Waals surface area (Å²) >= 11 is 5.48. The van der Waals surface area contributed by atoms with Crippen LogP contribution in [0.1, 0.15) is 37.0 Å². The molecule has 0 aliphatic rings. The van der Waals surface area contributed by atoms with Crippen LogP contribution in [0.3, 0.4) is 0 Å². The predicted molar refractivity (Wildman–Crippen MR) is 120 cm³/mol. The molecule has 0 saturated carbocycles. The zero-order valence-corrected chi connectivity index (χ0v) is 18.8. The summed E-state index contributed by atoms with van der Waals surface area (Å²) in [6.07, 6.45) is 1.53. The Hall–Kier alpha value is -2.09. The first-order valence-corrected chi connectivity index (χ1v) is 11.3. The zero-order valence-electron chi connectivity index (χ0n) is 17.2. The number of hydrogen-bond donors (Lipinski definition) is 1. The number of thiocarbonyl (C=S) groups is 1. The molecule has 2 rings (SSSR count). The minimum absolute atomic E-state index is 0.0895. The second-order valence-corrected chi connectivity index (χ2v) is 9.98. The van der Waals surface area contributed by atoms with Gasteiger partial charge in [0.1, 0.15) is 16.0 Å². The molecule has 5 nitrogen and oxygen atoms in total. The highest BCUT2D eigenvalue weighted by Gasteiger charge is 2.40. The fourth-order valence-corrected chi connectivity index (χ4v) is 4.70. The third-order valence-electron chi connectivity index (χ3n) is 5.05. The van der Waals surface area contributed by atoms with Crippen LogP contribution in [-0.4, -0.2) is 38.2 Å². The number of aldehydes is 1. The Morgan fingerprint density at radius 2 is 1.86 bits per heavy atom. The van der Waals surface area contributed by atoms with Crippen LogP contribution in [0, 0.1) is 6.92 Å². The summed E-state index contributed by atoms with van der Waals surface area (Å²) in [5, 5.41) is 3.18. The van der Waals surface area contributed by atoms with Gasteiger partial charge in [-0.05, 0) is 56.0 Å². The van der Waals surface area contributed by atoms with Gasteiger partial charge in [0.25, 0.3) is 0 Å². The summed E-state index contributed by atoms with van der Waals surface area (Å²) in [5.74, 6) is 0. The summed E-state index contributed by atoms with van der Waals surface area (Å²) in [6.45, 7) is 5.50. The molecule has 7 heteroatoms. The van der Waals surface area contributed by atoms with E-state index in [9.17, 15) is 13.2 Å². The van der Waals surface area contributed by atoms with Gasteiger partial charge in [-0.25, -0.2) is 8.42 Å². The van der Waals surface area contributed by atoms with Gasteiger partial charge in [-0.2, -0.15) is 0 Å². The Kier molecular flexibility index (Phi) is 7.68. The maximum absolute atomic E-state index is 13.0. The highest BCUT2D eigenvalue weighted by Crippen LogP contribution is 2.30. The lowest BCUT2D eigenvalue weighted by molar-refractivity contribution is -0.110. The van der Waals surface area contributed by atoms with Gasteiger partial charge in [0.2, 0.25) is 0 Å². The van der Waals surface area contributed by atoms with Gasteiger partial charge in [0.15, 0.2) is 9.84 Å². The Morgan fingerprint density at radius 3 is 2.38 bits per heavy atom. The van der Waals surface area contributed by atoms with Gasteiger partial charge in [0, 0.05) is 25.0 Å². The lowest BCUT2D eigenvalue weighted by Crippen LogP contribution is -2.38. The van der Waals surface area contributed by atoms with Crippen LogP contribution in [0.25, 0.3) is 0 Å². The molecule has 0 heterocycles. The predicted octanol–water partition coefficient (Wildman–Crippen LogP) is 4.11. The maximum Gasteiger partial charge on any atom is 0.190 e. The second kappa shape index (κ2) is 9.61. The molecule has 1 N–H and O–H groups in total. The largest absolute Gasteiger partial charge is 0.385 e. The number of carbonyl (C=O) groups excluding carboxylic acids is 1. The number of methoxy groups -OCH3 is 1. The molecule has 0 aromatic heterocycles. The van der Waals surface area contributed by atoms with E-state index in [2.05, 4.69) is 12.2 Å². The third kappa shape index (κ3) is 5.10. The first-order valence-electron chi connectivity index (χ1n) is 9.39. The molecule has 0 aliphatic carbocycles. The highest BCUT2D eigenvalue weighted by molar-refractivity contribution is 7.93. The van der Waals surface area contributed by atoms with Crippen LogP contribution in [0.15, 0.2) is 47.4 Å². The maximum atomic E-state index is 13.0. The smallest absolute Gasteiger partial charge is 0.190 e. The number of ether oxygens (including phenoxy) is 1. The van der Waals surface area contributed by atoms with Crippen molar-refractivity contribution in [3.05, 3.63) is 59.2 Å². The first-order chi connectivity index (χ1) is 13.7. The molecule has 2 aromatic rings. The van der Waals surface area contributed by atoms with E-state index < -0.39 is 14.6 Å². The van der Waals surface area contributed by atoms with Gasteiger partial charge in [-0.15, -0.1) is 0 Å². The SMILES string of the molecule is CCc1ccc(C(=S)Nc2ccc(S(=O)(=O)C(C)(C=O)CCOC)cc2C)cc1. The van der Waals surface area contributed by atoms with E-state index in [0.717, 1.165) is 23.2 Å². The van der Waals surface area contributed by atoms with Gasteiger partial charge in [-0.1, -0.05) is 43.4 Å². The lowest BCUT2D eigenvalue weighted by Gasteiger charge is -2.23. The number of aryl methyl sites for hydroxylation is 2. The summed E-state index contributed by atoms with van der Waals surface area (Å²) in [5.41, 5.74) is 3.56. The van der Waals surface area contributed by atoms with E-state index in [0.29, 0.717) is 11.3 Å². The van der Waals surface area contributed by atoms with Crippen molar-refractivity contribution in [2.75, 3.05) is 19.0 Å². The molecule has 0 aliphatic heterocycles. The number of hydrogen-bond acceptors (Lipinski definition) is 5. The summed E-state index contributed by atoms with van der Waals surface area (Å²) in [4.78, 5) is 12.2. The molecule has 0 spiro atoms. The van der Waals surface area contributed by atoms with Crippen LogP contribution in [0.5, 0.6) is 0 Å². The molecule has 0 bridgehead atoms. The van der Waals surface area contributed by atoms with E-state index in [-0.39, 0.29) is 17.9 Å². The van der Waals surface area contributed by atoms with Crippen molar-refractivity contribution in [1.82, 2.24) is 0 Å². The van der Waals surface area contributed by atoms with Crippen molar-refractivity contribution in [2.45, 2.75) is 43.3 Å². The highest BCUT2D eigenvalue weighted by atomic mass is 32.2. The van der Waals surface area contributed by atoms with E-state index in [4.69, 9.17) is 17.0 Å². The number of carbonyl (C=O) groups is 1. The summed E-state index contributed by atoms with van der Waals surface area (Å²) < 4.78 is 29.5. The molecule has 0 fully saturated rings. The van der Waals surface area contributed by atoms with Crippen LogP contribution in [-0.2, 0) is 25.8 Å². The molecule has 2 aromatic carbocycles. The standard InChI is InChI=1S/C22H27NO4S2/c1-5-17-6-8-18(9-7-17)21(28)23-20-11-10-19(14-16(20)2)29(25,26)22(3,15-24)12-13-27-4/h6-11,14-15H,5,12-13H2,1-4H3,(H,23,28). The number of sulfone groups is 1. The monoisotopic (exact) mass is 433 g/mol. The topological polar surface area (TPSA) is 72.5 Å². The van der Waals surface area contributed by atoms with Gasteiger partial charge in [0.05, 0.1) is 4.90 Å². The molecule has 0 amide bonds. The Morgan fingerprint density at radius 1 is 1.21 bits per heavy atom. The minimum atomic E-state index is -3.86. The van der Waals surface area contributed by atoms with Crippen molar-refractivity contribution in [1.29, 1.82) is 0 Å². The second-order valence-electron chi connectivity index (χ2n) is 7.16. The average molecular weight is 434 g/mol. The van der Waals surface area contributed by atoms with Crippen LogP contribution >= 0.6 is 12.2 Å². The third-order valence-corrected chi connectivity index (χ3v) is 7.79. The van der Waals surface area contributed by atoms with E-state index in [1.165, 1.54) is 25.7 Å².